The lowest BCUT2D eigenvalue weighted by Crippen LogP contribution is -2.17. The molecule has 2 aromatic carbocycles. The molecule has 1 N–H and O–H groups in total. The third-order valence-electron chi connectivity index (χ3n) is 3.31. The zero-order chi connectivity index (χ0) is 19.6. The number of hydrazone groups is 1. The maximum atomic E-state index is 12.1. The van der Waals surface area contributed by atoms with Gasteiger partial charge in [0.15, 0.2) is 0 Å². The Labute approximate surface area is 155 Å². The lowest BCUT2D eigenvalue weighted by molar-refractivity contribution is -0.384. The van der Waals surface area contributed by atoms with Crippen LogP contribution in [0.1, 0.15) is 22.8 Å². The summed E-state index contributed by atoms with van der Waals surface area (Å²) in [6, 6.07) is 10.5. The number of nitrogens with zero attached hydrogens (tertiary/aromatic N) is 2. The van der Waals surface area contributed by atoms with Crippen LogP contribution in [0, 0.1) is 22.5 Å². The molecule has 0 heterocycles. The summed E-state index contributed by atoms with van der Waals surface area (Å²) in [4.78, 5) is 22.5. The molecule has 0 atom stereocenters. The fourth-order valence-electron chi connectivity index (χ4n) is 2.10. The Morgan fingerprint density at radius 2 is 2.04 bits per heavy atom. The third kappa shape index (κ3) is 5.57. The van der Waals surface area contributed by atoms with Crippen molar-refractivity contribution >= 4 is 17.8 Å². The summed E-state index contributed by atoms with van der Waals surface area (Å²) in [5.41, 5.74) is 2.92. The highest BCUT2D eigenvalue weighted by Crippen LogP contribution is 2.22. The summed E-state index contributed by atoms with van der Waals surface area (Å²) in [6.07, 6.45) is 6.41. The Hall–Kier alpha value is -3.86. The summed E-state index contributed by atoms with van der Waals surface area (Å²) in [5, 5.41) is 14.8. The van der Waals surface area contributed by atoms with Crippen molar-refractivity contribution in [3.63, 3.8) is 0 Å². The standard InChI is InChI=1S/C19H17N3O5/c1-3-11-27-18-10-7-16(22(24)25)12-15(18)13-20-21-19(23)14-5-8-17(9-6-14)26-4-2/h1,5-10,12-13H,4,11H2,2H3,(H,21,23)/b20-13-. The number of nitrogens with one attached hydrogen (secondary N) is 1. The summed E-state index contributed by atoms with van der Waals surface area (Å²) in [7, 11) is 0. The van der Waals surface area contributed by atoms with Crippen LogP contribution in [0.3, 0.4) is 0 Å². The molecule has 0 aliphatic heterocycles. The Morgan fingerprint density at radius 1 is 1.30 bits per heavy atom. The van der Waals surface area contributed by atoms with Gasteiger partial charge in [0.2, 0.25) is 0 Å². The lowest BCUT2D eigenvalue weighted by atomic mass is 10.2. The fraction of sp³-hybridized carbons (Fsp3) is 0.158. The Balaban J connectivity index is 2.11. The number of hydrogen-bond donors (Lipinski definition) is 1. The van der Waals surface area contributed by atoms with Crippen molar-refractivity contribution in [1.29, 1.82) is 0 Å². The first-order valence-corrected chi connectivity index (χ1v) is 7.96. The van der Waals surface area contributed by atoms with Crippen molar-refractivity contribution in [3.8, 4) is 23.8 Å². The van der Waals surface area contributed by atoms with Gasteiger partial charge in [0.1, 0.15) is 18.1 Å². The second-order valence-corrected chi connectivity index (χ2v) is 5.13. The first-order valence-electron chi connectivity index (χ1n) is 7.96. The molecule has 0 unspecified atom stereocenters. The van der Waals surface area contributed by atoms with E-state index in [0.717, 1.165) is 0 Å². The predicted octanol–water partition coefficient (Wildman–Crippen LogP) is 2.77. The summed E-state index contributed by atoms with van der Waals surface area (Å²) in [6.45, 7) is 2.39. The third-order valence-corrected chi connectivity index (χ3v) is 3.31. The summed E-state index contributed by atoms with van der Waals surface area (Å²) < 4.78 is 10.6. The van der Waals surface area contributed by atoms with Crippen molar-refractivity contribution < 1.29 is 19.2 Å². The van der Waals surface area contributed by atoms with E-state index in [1.165, 1.54) is 24.4 Å². The van der Waals surface area contributed by atoms with Crippen molar-refractivity contribution in [3.05, 3.63) is 63.7 Å². The van der Waals surface area contributed by atoms with E-state index in [4.69, 9.17) is 15.9 Å². The van der Waals surface area contributed by atoms with E-state index < -0.39 is 10.8 Å². The normalized spacial score (nSPS) is 10.2. The highest BCUT2D eigenvalue weighted by atomic mass is 16.6. The maximum absolute atomic E-state index is 12.1. The number of rotatable bonds is 8. The second kappa shape index (κ2) is 9.58. The number of nitro groups is 1. The first-order chi connectivity index (χ1) is 13.0. The van der Waals surface area contributed by atoms with Crippen LogP contribution < -0.4 is 14.9 Å². The number of benzene rings is 2. The topological polar surface area (TPSA) is 103 Å². The predicted molar refractivity (Wildman–Crippen MR) is 100 cm³/mol. The molecule has 138 valence electrons. The second-order valence-electron chi connectivity index (χ2n) is 5.13. The fourth-order valence-corrected chi connectivity index (χ4v) is 2.10. The van der Waals surface area contributed by atoms with Gasteiger partial charge in [0.05, 0.1) is 17.7 Å². The van der Waals surface area contributed by atoms with Crippen molar-refractivity contribution in [2.45, 2.75) is 6.92 Å². The zero-order valence-electron chi connectivity index (χ0n) is 14.5. The van der Waals surface area contributed by atoms with Gasteiger partial charge in [-0.15, -0.1) is 6.42 Å². The molecular formula is C19H17N3O5. The molecule has 27 heavy (non-hydrogen) atoms. The van der Waals surface area contributed by atoms with E-state index in [9.17, 15) is 14.9 Å². The zero-order valence-corrected chi connectivity index (χ0v) is 14.5. The van der Waals surface area contributed by atoms with E-state index in [0.29, 0.717) is 29.2 Å². The van der Waals surface area contributed by atoms with Gasteiger partial charge in [-0.25, -0.2) is 5.43 Å². The number of terminal acetylenes is 1. The van der Waals surface area contributed by atoms with Crippen LogP contribution in [0.2, 0.25) is 0 Å². The van der Waals surface area contributed by atoms with Gasteiger partial charge in [0, 0.05) is 23.3 Å². The molecule has 0 aliphatic rings. The van der Waals surface area contributed by atoms with Crippen molar-refractivity contribution in [1.82, 2.24) is 5.43 Å². The quantitative estimate of drug-likeness (QED) is 0.334. The first kappa shape index (κ1) is 19.5. The van der Waals surface area contributed by atoms with Crippen LogP contribution in [-0.4, -0.2) is 30.3 Å². The Morgan fingerprint density at radius 3 is 2.67 bits per heavy atom. The summed E-state index contributed by atoms with van der Waals surface area (Å²) in [5.74, 6) is 2.84. The number of hydrogen-bond acceptors (Lipinski definition) is 6. The molecule has 2 aromatic rings. The van der Waals surface area contributed by atoms with E-state index in [2.05, 4.69) is 16.4 Å². The van der Waals surface area contributed by atoms with Crippen LogP contribution >= 0.6 is 0 Å². The van der Waals surface area contributed by atoms with Crippen LogP contribution in [-0.2, 0) is 0 Å². The number of amides is 1. The minimum Gasteiger partial charge on any atom is -0.494 e. The minimum absolute atomic E-state index is 0.00279. The summed E-state index contributed by atoms with van der Waals surface area (Å²) >= 11 is 0. The molecule has 0 spiro atoms. The van der Waals surface area contributed by atoms with Gasteiger partial charge in [0.25, 0.3) is 11.6 Å². The molecule has 8 heteroatoms. The van der Waals surface area contributed by atoms with E-state index >= 15 is 0 Å². The minimum atomic E-state index is -0.541. The lowest BCUT2D eigenvalue weighted by Gasteiger charge is -2.06. The van der Waals surface area contributed by atoms with Gasteiger partial charge < -0.3 is 9.47 Å². The molecule has 0 saturated carbocycles. The highest BCUT2D eigenvalue weighted by Gasteiger charge is 2.11. The van der Waals surface area contributed by atoms with Crippen LogP contribution in [0.25, 0.3) is 0 Å². The van der Waals surface area contributed by atoms with Crippen LogP contribution in [0.5, 0.6) is 11.5 Å². The van der Waals surface area contributed by atoms with Crippen molar-refractivity contribution in [2.24, 2.45) is 5.10 Å². The van der Waals surface area contributed by atoms with Gasteiger partial charge in [-0.05, 0) is 37.3 Å². The molecule has 0 aliphatic carbocycles. The van der Waals surface area contributed by atoms with Crippen molar-refractivity contribution in [2.75, 3.05) is 13.2 Å². The molecule has 2 rings (SSSR count). The van der Waals surface area contributed by atoms with E-state index in [-0.39, 0.29) is 12.3 Å². The number of carbonyl (C=O) groups is 1. The molecule has 0 saturated heterocycles. The highest BCUT2D eigenvalue weighted by molar-refractivity contribution is 5.95. The largest absolute Gasteiger partial charge is 0.494 e. The molecular weight excluding hydrogens is 350 g/mol. The average molecular weight is 367 g/mol. The van der Waals surface area contributed by atoms with Gasteiger partial charge in [-0.3, -0.25) is 14.9 Å². The van der Waals surface area contributed by atoms with Crippen LogP contribution in [0.15, 0.2) is 47.6 Å². The molecule has 0 fully saturated rings. The number of ether oxygens (including phenoxy) is 2. The molecule has 0 bridgehead atoms. The maximum Gasteiger partial charge on any atom is 0.271 e. The molecule has 8 nitrogen and oxygen atoms in total. The number of nitro benzene ring substituents is 1. The van der Waals surface area contributed by atoms with Crippen LogP contribution in [0.4, 0.5) is 5.69 Å². The molecule has 1 amide bonds. The van der Waals surface area contributed by atoms with Gasteiger partial charge in [-0.2, -0.15) is 5.10 Å². The number of non-ortho nitro benzene ring substituents is 1. The molecule has 0 aromatic heterocycles. The van der Waals surface area contributed by atoms with Gasteiger partial charge in [-0.1, -0.05) is 5.92 Å². The van der Waals surface area contributed by atoms with E-state index in [1.807, 2.05) is 6.92 Å². The monoisotopic (exact) mass is 367 g/mol. The number of carbonyl (C=O) groups excluding carboxylic acids is 1. The SMILES string of the molecule is C#CCOc1ccc([N+](=O)[O-])cc1/C=N\NC(=O)c1ccc(OCC)cc1. The van der Waals surface area contributed by atoms with E-state index in [1.54, 1.807) is 24.3 Å². The average Bonchev–Trinajstić information content (AvgIpc) is 2.67. The Bertz CT molecular complexity index is 885. The molecule has 0 radical (unpaired) electrons. The van der Waals surface area contributed by atoms with Gasteiger partial charge >= 0.3 is 0 Å². The smallest absolute Gasteiger partial charge is 0.271 e. The Kier molecular flexibility index (Phi) is 6.91.